The molecule has 38 heavy (non-hydrogen) atoms. The predicted molar refractivity (Wildman–Crippen MR) is 153 cm³/mol. The molecule has 0 saturated heterocycles. The molecular formula is C31H36N4O3. The van der Waals surface area contributed by atoms with Crippen molar-refractivity contribution >= 4 is 22.6 Å². The molecule has 1 heterocycles. The molecule has 4 rings (SSSR count). The van der Waals surface area contributed by atoms with Gasteiger partial charge in [-0.3, -0.25) is 9.36 Å². The van der Waals surface area contributed by atoms with Crippen LogP contribution in [0.1, 0.15) is 57.0 Å². The van der Waals surface area contributed by atoms with Crippen molar-refractivity contribution in [3.63, 3.8) is 0 Å². The van der Waals surface area contributed by atoms with E-state index in [1.807, 2.05) is 85.5 Å². The Morgan fingerprint density at radius 3 is 2.45 bits per heavy atom. The van der Waals surface area contributed by atoms with Crippen molar-refractivity contribution in [1.82, 2.24) is 14.5 Å². The monoisotopic (exact) mass is 512 g/mol. The van der Waals surface area contributed by atoms with Gasteiger partial charge in [0.05, 0.1) is 29.7 Å². The van der Waals surface area contributed by atoms with Gasteiger partial charge in [-0.25, -0.2) is 9.78 Å². The van der Waals surface area contributed by atoms with Gasteiger partial charge in [-0.15, -0.1) is 0 Å². The number of carbonyl (C=O) groups excluding carboxylic acids is 1. The molecule has 0 aliphatic carbocycles. The lowest BCUT2D eigenvalue weighted by Gasteiger charge is -2.33. The van der Waals surface area contributed by atoms with Gasteiger partial charge in [0.2, 0.25) is 0 Å². The molecule has 1 aromatic heterocycles. The molecule has 0 spiro atoms. The van der Waals surface area contributed by atoms with Gasteiger partial charge in [0, 0.05) is 12.2 Å². The van der Waals surface area contributed by atoms with Crippen molar-refractivity contribution in [3.05, 3.63) is 94.5 Å². The SMILES string of the molecule is CCCCCN(C(=O)Nc1ccccc1C)C(CC)c1nc2ccccc2c(=O)n1-c1ccccc1OC. The second-order valence-electron chi connectivity index (χ2n) is 9.37. The zero-order valence-corrected chi connectivity index (χ0v) is 22.6. The molecule has 198 valence electrons. The molecule has 2 amide bonds. The minimum atomic E-state index is -0.446. The third-order valence-corrected chi connectivity index (χ3v) is 6.84. The summed E-state index contributed by atoms with van der Waals surface area (Å²) < 4.78 is 7.25. The predicted octanol–water partition coefficient (Wildman–Crippen LogP) is 6.88. The number of aromatic nitrogens is 2. The largest absolute Gasteiger partial charge is 0.495 e. The van der Waals surface area contributed by atoms with E-state index in [1.165, 1.54) is 0 Å². The summed E-state index contributed by atoms with van der Waals surface area (Å²) in [6.45, 7) is 6.67. The van der Waals surface area contributed by atoms with E-state index in [0.717, 1.165) is 30.5 Å². The number of rotatable bonds is 10. The summed E-state index contributed by atoms with van der Waals surface area (Å²) in [5.41, 5.74) is 2.75. The molecule has 7 nitrogen and oxygen atoms in total. The van der Waals surface area contributed by atoms with Crippen molar-refractivity contribution in [2.45, 2.75) is 52.5 Å². The Balaban J connectivity index is 1.90. The Kier molecular flexibility index (Phi) is 8.79. The van der Waals surface area contributed by atoms with Crippen molar-refractivity contribution in [2.24, 2.45) is 0 Å². The first kappa shape index (κ1) is 26.9. The van der Waals surface area contributed by atoms with E-state index < -0.39 is 6.04 Å². The van der Waals surface area contributed by atoms with Crippen LogP contribution in [-0.4, -0.2) is 34.1 Å². The fourth-order valence-corrected chi connectivity index (χ4v) is 4.79. The normalized spacial score (nSPS) is 11.8. The minimum absolute atomic E-state index is 0.193. The van der Waals surface area contributed by atoms with Crippen molar-refractivity contribution in [2.75, 3.05) is 19.0 Å². The van der Waals surface area contributed by atoms with E-state index >= 15 is 0 Å². The number of fused-ring (bicyclic) bond motifs is 1. The van der Waals surface area contributed by atoms with E-state index in [2.05, 4.69) is 12.2 Å². The second-order valence-corrected chi connectivity index (χ2v) is 9.37. The fourth-order valence-electron chi connectivity index (χ4n) is 4.79. The Morgan fingerprint density at radius 2 is 1.71 bits per heavy atom. The quantitative estimate of drug-likeness (QED) is 0.235. The lowest BCUT2D eigenvalue weighted by atomic mass is 10.1. The van der Waals surface area contributed by atoms with Gasteiger partial charge in [0.25, 0.3) is 5.56 Å². The molecule has 0 bridgehead atoms. The molecule has 1 N–H and O–H groups in total. The number of anilines is 1. The maximum absolute atomic E-state index is 14.0. The molecule has 1 atom stereocenters. The number of unbranched alkanes of at least 4 members (excludes halogenated alkanes) is 2. The molecule has 3 aromatic carbocycles. The summed E-state index contributed by atoms with van der Waals surface area (Å²) in [5.74, 6) is 1.07. The van der Waals surface area contributed by atoms with Crippen LogP contribution in [0.25, 0.3) is 16.6 Å². The number of ether oxygens (including phenoxy) is 1. The molecule has 0 fully saturated rings. The molecule has 4 aromatic rings. The molecule has 1 unspecified atom stereocenters. The fraction of sp³-hybridized carbons (Fsp3) is 0.323. The van der Waals surface area contributed by atoms with E-state index in [0.29, 0.717) is 41.1 Å². The van der Waals surface area contributed by atoms with Gasteiger partial charge in [-0.2, -0.15) is 0 Å². The highest BCUT2D eigenvalue weighted by molar-refractivity contribution is 5.90. The van der Waals surface area contributed by atoms with Gasteiger partial charge in [-0.05, 0) is 55.7 Å². The highest BCUT2D eigenvalue weighted by atomic mass is 16.5. The van der Waals surface area contributed by atoms with Crippen LogP contribution in [0.2, 0.25) is 0 Å². The maximum Gasteiger partial charge on any atom is 0.322 e. The van der Waals surface area contributed by atoms with Crippen LogP contribution in [0.15, 0.2) is 77.6 Å². The van der Waals surface area contributed by atoms with Crippen LogP contribution in [0.4, 0.5) is 10.5 Å². The number of benzene rings is 3. The molecule has 7 heteroatoms. The molecule has 0 saturated carbocycles. The molecule has 0 radical (unpaired) electrons. The summed E-state index contributed by atoms with van der Waals surface area (Å²) in [4.78, 5) is 34.6. The van der Waals surface area contributed by atoms with Crippen molar-refractivity contribution < 1.29 is 9.53 Å². The van der Waals surface area contributed by atoms with Crippen LogP contribution in [0, 0.1) is 6.92 Å². The first-order valence-electron chi connectivity index (χ1n) is 13.3. The Bertz CT molecular complexity index is 1460. The van der Waals surface area contributed by atoms with Crippen LogP contribution < -0.4 is 15.6 Å². The number of hydrogen-bond donors (Lipinski definition) is 1. The van der Waals surface area contributed by atoms with Crippen molar-refractivity contribution in [3.8, 4) is 11.4 Å². The molecule has 0 aliphatic rings. The van der Waals surface area contributed by atoms with Crippen LogP contribution in [0.5, 0.6) is 5.75 Å². The Morgan fingerprint density at radius 1 is 1.00 bits per heavy atom. The zero-order chi connectivity index (χ0) is 27.1. The minimum Gasteiger partial charge on any atom is -0.495 e. The Hall–Kier alpha value is -4.13. The molecule has 0 aliphatic heterocycles. The third-order valence-electron chi connectivity index (χ3n) is 6.84. The second kappa shape index (κ2) is 12.4. The van der Waals surface area contributed by atoms with Gasteiger partial charge >= 0.3 is 6.03 Å². The van der Waals surface area contributed by atoms with E-state index in [1.54, 1.807) is 17.7 Å². The van der Waals surface area contributed by atoms with Gasteiger partial charge in [0.1, 0.15) is 11.6 Å². The van der Waals surface area contributed by atoms with Crippen LogP contribution in [0.3, 0.4) is 0 Å². The number of nitrogens with one attached hydrogen (secondary N) is 1. The van der Waals surface area contributed by atoms with Crippen molar-refractivity contribution in [1.29, 1.82) is 0 Å². The average molecular weight is 513 g/mol. The number of amides is 2. The van der Waals surface area contributed by atoms with Gasteiger partial charge < -0.3 is 15.0 Å². The van der Waals surface area contributed by atoms with E-state index in [9.17, 15) is 9.59 Å². The van der Waals surface area contributed by atoms with E-state index in [4.69, 9.17) is 9.72 Å². The van der Waals surface area contributed by atoms with Crippen LogP contribution >= 0.6 is 0 Å². The highest BCUT2D eigenvalue weighted by Crippen LogP contribution is 2.30. The summed E-state index contributed by atoms with van der Waals surface area (Å²) in [6.07, 6.45) is 3.45. The standard InChI is InChI=1S/C31H36N4O3/c1-5-7-14-21-34(31(37)33-24-17-10-8-15-22(24)3)26(6-2)29-32-25-18-11-9-16-23(25)30(36)35(29)27-19-12-13-20-28(27)38-4/h8-13,15-20,26H,5-7,14,21H2,1-4H3,(H,33,37). The Labute approximate surface area is 224 Å². The highest BCUT2D eigenvalue weighted by Gasteiger charge is 2.30. The summed E-state index contributed by atoms with van der Waals surface area (Å²) in [7, 11) is 1.59. The lowest BCUT2D eigenvalue weighted by molar-refractivity contribution is 0.179. The third kappa shape index (κ3) is 5.57. The smallest absolute Gasteiger partial charge is 0.322 e. The first-order chi connectivity index (χ1) is 18.5. The number of para-hydroxylation sites is 4. The summed E-state index contributed by atoms with van der Waals surface area (Å²) in [6, 6.07) is 21.8. The summed E-state index contributed by atoms with van der Waals surface area (Å²) >= 11 is 0. The maximum atomic E-state index is 14.0. The van der Waals surface area contributed by atoms with Crippen LogP contribution in [-0.2, 0) is 0 Å². The van der Waals surface area contributed by atoms with E-state index in [-0.39, 0.29) is 11.6 Å². The topological polar surface area (TPSA) is 76.5 Å². The summed E-state index contributed by atoms with van der Waals surface area (Å²) in [5, 5.41) is 3.62. The molecular weight excluding hydrogens is 476 g/mol. The number of methoxy groups -OCH3 is 1. The lowest BCUT2D eigenvalue weighted by Crippen LogP contribution is -2.41. The number of carbonyl (C=O) groups is 1. The number of aryl methyl sites for hydroxylation is 1. The number of urea groups is 1. The van der Waals surface area contributed by atoms with Gasteiger partial charge in [-0.1, -0.05) is 69.2 Å². The number of nitrogens with zero attached hydrogens (tertiary/aromatic N) is 3. The average Bonchev–Trinajstić information content (AvgIpc) is 2.94. The first-order valence-corrected chi connectivity index (χ1v) is 13.3. The number of hydrogen-bond acceptors (Lipinski definition) is 4. The zero-order valence-electron chi connectivity index (χ0n) is 22.6. The van der Waals surface area contributed by atoms with Gasteiger partial charge in [0.15, 0.2) is 0 Å².